The Hall–Kier alpha value is -1.88. The summed E-state index contributed by atoms with van der Waals surface area (Å²) in [5.74, 6) is -0.700. The lowest BCUT2D eigenvalue weighted by atomic mass is 10.1. The quantitative estimate of drug-likeness (QED) is 0.800. The minimum absolute atomic E-state index is 0.0785. The first-order valence-corrected chi connectivity index (χ1v) is 6.74. The number of carbonyl (C=O) groups excluding carboxylic acids is 2. The maximum Gasteiger partial charge on any atom is 0.325 e. The van der Waals surface area contributed by atoms with Crippen LogP contribution in [0.25, 0.3) is 0 Å². The van der Waals surface area contributed by atoms with Crippen molar-refractivity contribution < 1.29 is 14.3 Å². The summed E-state index contributed by atoms with van der Waals surface area (Å²) < 4.78 is 4.88. The largest absolute Gasteiger partial charge is 0.465 e. The van der Waals surface area contributed by atoms with E-state index >= 15 is 0 Å². The van der Waals surface area contributed by atoms with Gasteiger partial charge in [0, 0.05) is 6.04 Å². The van der Waals surface area contributed by atoms with Crippen molar-refractivity contribution in [1.29, 1.82) is 0 Å². The summed E-state index contributed by atoms with van der Waals surface area (Å²) in [4.78, 5) is 25.4. The van der Waals surface area contributed by atoms with Crippen molar-refractivity contribution in [2.45, 2.75) is 32.9 Å². The summed E-state index contributed by atoms with van der Waals surface area (Å²) in [6, 6.07) is 8.21. The van der Waals surface area contributed by atoms with Gasteiger partial charge in [0.15, 0.2) is 0 Å². The first-order chi connectivity index (χ1) is 9.47. The lowest BCUT2D eigenvalue weighted by Gasteiger charge is -2.28. The molecule has 110 valence electrons. The van der Waals surface area contributed by atoms with E-state index in [0.717, 1.165) is 5.56 Å². The summed E-state index contributed by atoms with van der Waals surface area (Å²) in [5, 5.41) is 0. The number of rotatable bonds is 6. The predicted octanol–water partition coefficient (Wildman–Crippen LogP) is 1.49. The Morgan fingerprint density at radius 1 is 1.25 bits per heavy atom. The number of hydrogen-bond acceptors (Lipinski definition) is 4. The van der Waals surface area contributed by atoms with E-state index < -0.39 is 12.0 Å². The second kappa shape index (κ2) is 7.65. The van der Waals surface area contributed by atoms with Crippen LogP contribution in [0.15, 0.2) is 30.3 Å². The van der Waals surface area contributed by atoms with Crippen LogP contribution in [0.3, 0.4) is 0 Å². The van der Waals surface area contributed by atoms with E-state index in [1.54, 1.807) is 19.1 Å². The van der Waals surface area contributed by atoms with Crippen LogP contribution in [-0.2, 0) is 14.3 Å². The average molecular weight is 278 g/mol. The van der Waals surface area contributed by atoms with Gasteiger partial charge >= 0.3 is 5.97 Å². The first kappa shape index (κ1) is 16.2. The molecule has 20 heavy (non-hydrogen) atoms. The molecule has 0 heterocycles. The van der Waals surface area contributed by atoms with Crippen molar-refractivity contribution in [1.82, 2.24) is 4.90 Å². The molecule has 0 radical (unpaired) electrons. The molecule has 0 aromatic heterocycles. The molecule has 5 heteroatoms. The SMILES string of the molecule is CCOC(=O)CN(C(=O)[C@@H](N)c1ccccc1)C(C)C. The van der Waals surface area contributed by atoms with Crippen molar-refractivity contribution in [2.24, 2.45) is 5.73 Å². The molecule has 1 aromatic rings. The molecular weight excluding hydrogens is 256 g/mol. The van der Waals surface area contributed by atoms with Crippen molar-refractivity contribution in [3.05, 3.63) is 35.9 Å². The number of benzene rings is 1. The standard InChI is InChI=1S/C15H22N2O3/c1-4-20-13(18)10-17(11(2)3)15(19)14(16)12-8-6-5-7-9-12/h5-9,11,14H,4,10,16H2,1-3H3/t14-/m0/s1. The van der Waals surface area contributed by atoms with Gasteiger partial charge in [-0.05, 0) is 26.3 Å². The Bertz CT molecular complexity index is 446. The summed E-state index contributed by atoms with van der Waals surface area (Å²) in [6.45, 7) is 5.63. The highest BCUT2D eigenvalue weighted by molar-refractivity contribution is 5.86. The zero-order chi connectivity index (χ0) is 15.1. The Labute approximate surface area is 119 Å². The van der Waals surface area contributed by atoms with E-state index in [4.69, 9.17) is 10.5 Å². The first-order valence-electron chi connectivity index (χ1n) is 6.74. The van der Waals surface area contributed by atoms with Gasteiger partial charge in [-0.3, -0.25) is 9.59 Å². The van der Waals surface area contributed by atoms with Crippen LogP contribution in [0.1, 0.15) is 32.4 Å². The maximum atomic E-state index is 12.4. The number of amides is 1. The van der Waals surface area contributed by atoms with Gasteiger partial charge < -0.3 is 15.4 Å². The monoisotopic (exact) mass is 278 g/mol. The molecule has 0 saturated heterocycles. The third kappa shape index (κ3) is 4.35. The van der Waals surface area contributed by atoms with E-state index in [2.05, 4.69) is 0 Å². The van der Waals surface area contributed by atoms with E-state index in [1.165, 1.54) is 4.90 Å². The third-order valence-electron chi connectivity index (χ3n) is 2.94. The smallest absolute Gasteiger partial charge is 0.325 e. The van der Waals surface area contributed by atoms with Gasteiger partial charge in [-0.15, -0.1) is 0 Å². The van der Waals surface area contributed by atoms with Crippen molar-refractivity contribution in [2.75, 3.05) is 13.2 Å². The summed E-state index contributed by atoms with van der Waals surface area (Å²) in [6.07, 6.45) is 0. The van der Waals surface area contributed by atoms with E-state index in [-0.39, 0.29) is 18.5 Å². The van der Waals surface area contributed by atoms with Crippen molar-refractivity contribution >= 4 is 11.9 Å². The van der Waals surface area contributed by atoms with Gasteiger partial charge in [0.1, 0.15) is 12.6 Å². The van der Waals surface area contributed by atoms with Gasteiger partial charge in [-0.2, -0.15) is 0 Å². The van der Waals surface area contributed by atoms with Crippen molar-refractivity contribution in [3.63, 3.8) is 0 Å². The zero-order valence-electron chi connectivity index (χ0n) is 12.2. The Morgan fingerprint density at radius 3 is 2.35 bits per heavy atom. The lowest BCUT2D eigenvalue weighted by molar-refractivity contribution is -0.150. The molecule has 1 atom stereocenters. The minimum Gasteiger partial charge on any atom is -0.465 e. The second-order valence-corrected chi connectivity index (χ2v) is 4.75. The highest BCUT2D eigenvalue weighted by atomic mass is 16.5. The summed E-state index contributed by atoms with van der Waals surface area (Å²) >= 11 is 0. The van der Waals surface area contributed by atoms with Crippen molar-refractivity contribution in [3.8, 4) is 0 Å². The summed E-state index contributed by atoms with van der Waals surface area (Å²) in [7, 11) is 0. The number of nitrogens with zero attached hydrogens (tertiary/aromatic N) is 1. The van der Waals surface area contributed by atoms with E-state index in [1.807, 2.05) is 32.0 Å². The molecule has 0 aliphatic heterocycles. The molecule has 5 nitrogen and oxygen atoms in total. The number of hydrogen-bond donors (Lipinski definition) is 1. The van der Waals surface area contributed by atoms with Crippen LogP contribution in [-0.4, -0.2) is 36.0 Å². The van der Waals surface area contributed by atoms with Crippen LogP contribution >= 0.6 is 0 Å². The minimum atomic E-state index is -0.770. The highest BCUT2D eigenvalue weighted by Gasteiger charge is 2.26. The van der Waals surface area contributed by atoms with Crippen LogP contribution in [0.4, 0.5) is 0 Å². The molecule has 0 fully saturated rings. The number of ether oxygens (including phenoxy) is 1. The number of esters is 1. The fourth-order valence-corrected chi connectivity index (χ4v) is 1.84. The van der Waals surface area contributed by atoms with Crippen LogP contribution in [0.5, 0.6) is 0 Å². The molecule has 0 bridgehead atoms. The van der Waals surface area contributed by atoms with Crippen LogP contribution in [0.2, 0.25) is 0 Å². The highest BCUT2D eigenvalue weighted by Crippen LogP contribution is 2.14. The Kier molecular flexibility index (Phi) is 6.18. The fraction of sp³-hybridized carbons (Fsp3) is 0.467. The molecule has 2 N–H and O–H groups in total. The van der Waals surface area contributed by atoms with E-state index in [9.17, 15) is 9.59 Å². The maximum absolute atomic E-state index is 12.4. The average Bonchev–Trinajstić information content (AvgIpc) is 2.44. The molecular formula is C15H22N2O3. The summed E-state index contributed by atoms with van der Waals surface area (Å²) in [5.41, 5.74) is 6.71. The third-order valence-corrected chi connectivity index (χ3v) is 2.94. The van der Waals surface area contributed by atoms with Gasteiger partial charge in [0.2, 0.25) is 5.91 Å². The Balaban J connectivity index is 2.81. The molecule has 0 saturated carbocycles. The number of carbonyl (C=O) groups is 2. The van der Waals surface area contributed by atoms with E-state index in [0.29, 0.717) is 6.61 Å². The lowest BCUT2D eigenvalue weighted by Crippen LogP contribution is -2.45. The molecule has 0 unspecified atom stereocenters. The molecule has 1 aromatic carbocycles. The fourth-order valence-electron chi connectivity index (χ4n) is 1.84. The number of nitrogens with two attached hydrogens (primary N) is 1. The Morgan fingerprint density at radius 2 is 1.85 bits per heavy atom. The van der Waals surface area contributed by atoms with Gasteiger partial charge in [-0.25, -0.2) is 0 Å². The predicted molar refractivity (Wildman–Crippen MR) is 76.9 cm³/mol. The van der Waals surface area contributed by atoms with Gasteiger partial charge in [0.25, 0.3) is 0 Å². The topological polar surface area (TPSA) is 72.6 Å². The molecule has 0 spiro atoms. The molecule has 1 rings (SSSR count). The normalized spacial score (nSPS) is 12.1. The van der Waals surface area contributed by atoms with Crippen LogP contribution in [0, 0.1) is 0 Å². The molecule has 0 aliphatic rings. The van der Waals surface area contributed by atoms with Gasteiger partial charge in [-0.1, -0.05) is 30.3 Å². The van der Waals surface area contributed by atoms with Gasteiger partial charge in [0.05, 0.1) is 6.61 Å². The van der Waals surface area contributed by atoms with Crippen LogP contribution < -0.4 is 5.73 Å². The zero-order valence-corrected chi connectivity index (χ0v) is 12.2. The second-order valence-electron chi connectivity index (χ2n) is 4.75. The molecule has 0 aliphatic carbocycles. The molecule has 1 amide bonds.